The first-order valence-electron chi connectivity index (χ1n) is 8.51. The fraction of sp³-hybridized carbons (Fsp3) is 0.500. The van der Waals surface area contributed by atoms with Crippen LogP contribution in [-0.4, -0.2) is 39.6 Å². The number of hydrogen-bond donors (Lipinski definition) is 0. The molecule has 0 amide bonds. The second-order valence-electron chi connectivity index (χ2n) is 8.41. The van der Waals surface area contributed by atoms with Crippen molar-refractivity contribution >= 4 is 32.6 Å². The summed E-state index contributed by atoms with van der Waals surface area (Å²) in [6.07, 6.45) is 0. The van der Waals surface area contributed by atoms with Gasteiger partial charge in [0.05, 0.1) is 0 Å². The summed E-state index contributed by atoms with van der Waals surface area (Å²) < 4.78 is 2.46. The van der Waals surface area contributed by atoms with Gasteiger partial charge in [0.2, 0.25) is 9.92 Å². The Hall–Kier alpha value is -2.60. The van der Waals surface area contributed by atoms with E-state index in [1.54, 1.807) is 0 Å². The average molecular weight is 419 g/mol. The van der Waals surface area contributed by atoms with Crippen LogP contribution in [0.15, 0.2) is 9.59 Å². The number of fused-ring (bicyclic) bond motifs is 2. The van der Waals surface area contributed by atoms with Gasteiger partial charge in [0, 0.05) is 10.8 Å². The molecule has 0 aliphatic heterocycles. The molecule has 0 saturated carbocycles. The Kier molecular flexibility index (Phi) is 3.98. The molecule has 4 heterocycles. The van der Waals surface area contributed by atoms with E-state index in [1.807, 2.05) is 41.5 Å². The predicted octanol–water partition coefficient (Wildman–Crippen LogP) is 1.67. The molecule has 28 heavy (non-hydrogen) atoms. The average Bonchev–Trinajstić information content (AvgIpc) is 3.17. The van der Waals surface area contributed by atoms with Crippen molar-refractivity contribution in [1.29, 1.82) is 0 Å². The van der Waals surface area contributed by atoms with Crippen LogP contribution in [0, 0.1) is 0 Å². The minimum Gasteiger partial charge on any atom is -0.265 e. The Balaban J connectivity index is 1.90. The second kappa shape index (κ2) is 5.95. The summed E-state index contributed by atoms with van der Waals surface area (Å²) in [5, 5.41) is 26.0. The highest BCUT2D eigenvalue weighted by Crippen LogP contribution is 2.28. The van der Waals surface area contributed by atoms with Gasteiger partial charge >= 0.3 is 0 Å². The zero-order valence-electron chi connectivity index (χ0n) is 16.2. The van der Waals surface area contributed by atoms with Crippen molar-refractivity contribution in [3.05, 3.63) is 32.1 Å². The molecule has 0 unspecified atom stereocenters. The molecule has 4 rings (SSSR count). The van der Waals surface area contributed by atoms with E-state index in [-0.39, 0.29) is 11.1 Å². The summed E-state index contributed by atoms with van der Waals surface area (Å²) in [5.41, 5.74) is -0.846. The number of rotatable bonds is 1. The fourth-order valence-corrected chi connectivity index (χ4v) is 4.22. The van der Waals surface area contributed by atoms with Gasteiger partial charge in [-0.3, -0.25) is 9.59 Å². The third-order valence-corrected chi connectivity index (χ3v) is 5.92. The fourth-order valence-electron chi connectivity index (χ4n) is 2.54. The standard InChI is InChI=1S/C16H18N8O2S2/c1-15(2,3)7-11(25)23-13(19-17-7)27-9(21-23)10-22-24-12(26)8(16(4,5)6)18-20-14(24)28-10/h1-6H3. The molecule has 0 N–H and O–H groups in total. The summed E-state index contributed by atoms with van der Waals surface area (Å²) in [6, 6.07) is 0. The van der Waals surface area contributed by atoms with E-state index in [0.29, 0.717) is 31.3 Å². The molecule has 0 atom stereocenters. The second-order valence-corrected chi connectivity index (χ2v) is 10.3. The Morgan fingerprint density at radius 3 is 1.32 bits per heavy atom. The molecule has 0 fully saturated rings. The van der Waals surface area contributed by atoms with E-state index in [9.17, 15) is 9.59 Å². The van der Waals surface area contributed by atoms with Gasteiger partial charge in [-0.1, -0.05) is 64.2 Å². The maximum atomic E-state index is 12.7. The molecule has 0 aliphatic carbocycles. The summed E-state index contributed by atoms with van der Waals surface area (Å²) in [4.78, 5) is 26.1. The monoisotopic (exact) mass is 418 g/mol. The lowest BCUT2D eigenvalue weighted by Gasteiger charge is -2.14. The predicted molar refractivity (Wildman–Crippen MR) is 106 cm³/mol. The zero-order chi connectivity index (χ0) is 20.4. The van der Waals surface area contributed by atoms with Crippen LogP contribution in [0.1, 0.15) is 52.9 Å². The molecule has 0 aromatic carbocycles. The SMILES string of the molecule is CC(C)(C)c1nnc2sc(-c3nn4c(=O)c(C(C)(C)C)nnc4s3)nn2c1=O. The van der Waals surface area contributed by atoms with E-state index in [0.717, 1.165) is 0 Å². The largest absolute Gasteiger partial charge is 0.297 e. The lowest BCUT2D eigenvalue weighted by atomic mass is 9.93. The van der Waals surface area contributed by atoms with Crippen molar-refractivity contribution in [3.8, 4) is 10.0 Å². The van der Waals surface area contributed by atoms with Crippen molar-refractivity contribution in [2.45, 2.75) is 52.4 Å². The molecule has 0 saturated heterocycles. The smallest absolute Gasteiger partial charge is 0.265 e. The van der Waals surface area contributed by atoms with E-state index in [1.165, 1.54) is 31.7 Å². The molecule has 12 heteroatoms. The minimum absolute atomic E-state index is 0.312. The van der Waals surface area contributed by atoms with Crippen molar-refractivity contribution in [2.75, 3.05) is 0 Å². The van der Waals surface area contributed by atoms with Crippen LogP contribution in [-0.2, 0) is 10.8 Å². The first-order valence-corrected chi connectivity index (χ1v) is 10.1. The molecule has 146 valence electrons. The highest BCUT2D eigenvalue weighted by Gasteiger charge is 2.25. The molecule has 4 aromatic rings. The van der Waals surface area contributed by atoms with E-state index in [4.69, 9.17) is 0 Å². The van der Waals surface area contributed by atoms with Crippen LogP contribution in [0.4, 0.5) is 0 Å². The van der Waals surface area contributed by atoms with Crippen LogP contribution < -0.4 is 11.1 Å². The van der Waals surface area contributed by atoms with E-state index in [2.05, 4.69) is 30.6 Å². The topological polar surface area (TPSA) is 120 Å². The van der Waals surface area contributed by atoms with Gasteiger partial charge in [-0.15, -0.1) is 30.6 Å². The number of hydrogen-bond acceptors (Lipinski definition) is 10. The van der Waals surface area contributed by atoms with Crippen LogP contribution >= 0.6 is 22.7 Å². The molecule has 4 aromatic heterocycles. The molecular weight excluding hydrogens is 400 g/mol. The minimum atomic E-state index is -0.447. The van der Waals surface area contributed by atoms with Gasteiger partial charge in [-0.2, -0.15) is 9.03 Å². The Labute approximate surface area is 166 Å². The molecular formula is C16H18N8O2S2. The van der Waals surface area contributed by atoms with Crippen molar-refractivity contribution in [3.63, 3.8) is 0 Å². The van der Waals surface area contributed by atoms with Crippen LogP contribution in [0.25, 0.3) is 19.9 Å². The Morgan fingerprint density at radius 2 is 1.00 bits per heavy atom. The van der Waals surface area contributed by atoms with Crippen LogP contribution in [0.5, 0.6) is 0 Å². The third kappa shape index (κ3) is 2.92. The van der Waals surface area contributed by atoms with E-state index >= 15 is 0 Å². The normalized spacial score (nSPS) is 12.9. The maximum Gasteiger partial charge on any atom is 0.297 e. The maximum absolute atomic E-state index is 12.7. The molecule has 0 aliphatic rings. The highest BCUT2D eigenvalue weighted by atomic mass is 32.1. The van der Waals surface area contributed by atoms with Gasteiger partial charge in [0.1, 0.15) is 11.4 Å². The first-order chi connectivity index (χ1) is 13.0. The molecule has 0 bridgehead atoms. The molecule has 0 spiro atoms. The molecule has 0 radical (unpaired) electrons. The van der Waals surface area contributed by atoms with Gasteiger partial charge < -0.3 is 0 Å². The van der Waals surface area contributed by atoms with Gasteiger partial charge in [-0.25, -0.2) is 0 Å². The van der Waals surface area contributed by atoms with Crippen molar-refractivity contribution in [1.82, 2.24) is 39.6 Å². The summed E-state index contributed by atoms with van der Waals surface area (Å²) in [7, 11) is 0. The van der Waals surface area contributed by atoms with Crippen molar-refractivity contribution < 1.29 is 0 Å². The first kappa shape index (κ1) is 18.7. The van der Waals surface area contributed by atoms with Crippen LogP contribution in [0.3, 0.4) is 0 Å². The highest BCUT2D eigenvalue weighted by molar-refractivity contribution is 7.25. The summed E-state index contributed by atoms with van der Waals surface area (Å²) in [6.45, 7) is 11.4. The third-order valence-electron chi connectivity index (χ3n) is 3.98. The zero-order valence-corrected chi connectivity index (χ0v) is 17.8. The van der Waals surface area contributed by atoms with Crippen molar-refractivity contribution in [2.24, 2.45) is 0 Å². The number of aromatic nitrogens is 8. The lowest BCUT2D eigenvalue weighted by Crippen LogP contribution is -2.30. The Morgan fingerprint density at radius 1 is 0.643 bits per heavy atom. The molecule has 10 nitrogen and oxygen atoms in total. The van der Waals surface area contributed by atoms with E-state index < -0.39 is 10.8 Å². The summed E-state index contributed by atoms with van der Waals surface area (Å²) in [5.74, 6) is 0. The van der Waals surface area contributed by atoms with Crippen LogP contribution in [0.2, 0.25) is 0 Å². The van der Waals surface area contributed by atoms with Gasteiger partial charge in [-0.05, 0) is 0 Å². The Bertz CT molecular complexity index is 1230. The van der Waals surface area contributed by atoms with Gasteiger partial charge in [0.25, 0.3) is 11.1 Å². The quantitative estimate of drug-likeness (QED) is 0.458. The number of nitrogens with zero attached hydrogens (tertiary/aromatic N) is 8. The lowest BCUT2D eigenvalue weighted by molar-refractivity contribution is 0.542. The van der Waals surface area contributed by atoms with Gasteiger partial charge in [0.15, 0.2) is 10.0 Å². The summed E-state index contributed by atoms with van der Waals surface area (Å²) >= 11 is 2.35.